The van der Waals surface area contributed by atoms with Crippen molar-refractivity contribution in [3.05, 3.63) is 54.4 Å². The monoisotopic (exact) mass is 242 g/mol. The molecule has 0 saturated carbocycles. The van der Waals surface area contributed by atoms with Gasteiger partial charge in [0.2, 0.25) is 0 Å². The Kier molecular flexibility index (Phi) is 4.14. The largest absolute Gasteiger partial charge is 0.207 e. The van der Waals surface area contributed by atoms with Crippen LogP contribution in [0.4, 0.5) is 4.39 Å². The summed E-state index contributed by atoms with van der Waals surface area (Å²) in [6, 6.07) is 11.0. The van der Waals surface area contributed by atoms with E-state index in [1.165, 1.54) is 25.3 Å². The molecule has 0 heterocycles. The summed E-state index contributed by atoms with van der Waals surface area (Å²) in [5.41, 5.74) is 2.31. The van der Waals surface area contributed by atoms with Crippen molar-refractivity contribution in [1.29, 1.82) is 0 Å². The maximum absolute atomic E-state index is 13.2. The number of fused-ring (bicyclic) bond motifs is 1. The van der Waals surface area contributed by atoms with Gasteiger partial charge >= 0.3 is 0 Å². The minimum Gasteiger partial charge on any atom is -0.207 e. The van der Waals surface area contributed by atoms with Crippen molar-refractivity contribution in [2.24, 2.45) is 0 Å². The number of benzene rings is 2. The van der Waals surface area contributed by atoms with Gasteiger partial charge < -0.3 is 0 Å². The summed E-state index contributed by atoms with van der Waals surface area (Å²) < 4.78 is 13.2. The Morgan fingerprint density at radius 1 is 1.17 bits per heavy atom. The first-order chi connectivity index (χ1) is 8.72. The molecule has 0 aliphatic carbocycles. The number of hydrogen-bond acceptors (Lipinski definition) is 0. The Morgan fingerprint density at radius 2 is 2.00 bits per heavy atom. The molecule has 94 valence electrons. The summed E-state index contributed by atoms with van der Waals surface area (Å²) >= 11 is 0. The van der Waals surface area contributed by atoms with Gasteiger partial charge in [0, 0.05) is 0 Å². The Morgan fingerprint density at radius 3 is 2.78 bits per heavy atom. The zero-order valence-electron chi connectivity index (χ0n) is 10.9. The topological polar surface area (TPSA) is 0 Å². The SMILES string of the molecule is C=C(CCCCC)c1cccc2cc(F)ccc12. The van der Waals surface area contributed by atoms with Crippen LogP contribution in [0.5, 0.6) is 0 Å². The van der Waals surface area contributed by atoms with Gasteiger partial charge in [0.1, 0.15) is 5.82 Å². The van der Waals surface area contributed by atoms with E-state index < -0.39 is 0 Å². The van der Waals surface area contributed by atoms with E-state index in [2.05, 4.69) is 19.6 Å². The van der Waals surface area contributed by atoms with Crippen LogP contribution in [-0.4, -0.2) is 0 Å². The molecule has 0 aliphatic rings. The maximum atomic E-state index is 13.2. The molecular weight excluding hydrogens is 223 g/mol. The van der Waals surface area contributed by atoms with Gasteiger partial charge in [-0.2, -0.15) is 0 Å². The average molecular weight is 242 g/mol. The van der Waals surface area contributed by atoms with E-state index in [0.717, 1.165) is 28.3 Å². The van der Waals surface area contributed by atoms with Crippen LogP contribution in [0, 0.1) is 5.82 Å². The molecule has 0 nitrogen and oxygen atoms in total. The lowest BCUT2D eigenvalue weighted by Gasteiger charge is -2.09. The van der Waals surface area contributed by atoms with Crippen LogP contribution in [0.1, 0.15) is 38.2 Å². The van der Waals surface area contributed by atoms with Gasteiger partial charge in [-0.25, -0.2) is 4.39 Å². The molecular formula is C17H19F. The van der Waals surface area contributed by atoms with Gasteiger partial charge in [-0.1, -0.05) is 50.6 Å². The molecule has 2 rings (SSSR count). The van der Waals surface area contributed by atoms with Crippen molar-refractivity contribution in [3.63, 3.8) is 0 Å². The van der Waals surface area contributed by atoms with Crippen molar-refractivity contribution in [2.45, 2.75) is 32.6 Å². The molecule has 0 atom stereocenters. The molecule has 0 radical (unpaired) electrons. The third kappa shape index (κ3) is 2.79. The number of hydrogen-bond donors (Lipinski definition) is 0. The highest BCUT2D eigenvalue weighted by Crippen LogP contribution is 2.27. The van der Waals surface area contributed by atoms with Crippen molar-refractivity contribution < 1.29 is 4.39 Å². The van der Waals surface area contributed by atoms with Gasteiger partial charge in [0.15, 0.2) is 0 Å². The summed E-state index contributed by atoms with van der Waals surface area (Å²) in [4.78, 5) is 0. The lowest BCUT2D eigenvalue weighted by molar-refractivity contribution is 0.630. The van der Waals surface area contributed by atoms with Crippen LogP contribution in [0.2, 0.25) is 0 Å². The molecule has 0 bridgehead atoms. The molecule has 0 amide bonds. The molecule has 18 heavy (non-hydrogen) atoms. The van der Waals surface area contributed by atoms with Crippen molar-refractivity contribution in [1.82, 2.24) is 0 Å². The molecule has 0 saturated heterocycles. The highest BCUT2D eigenvalue weighted by Gasteiger charge is 2.05. The van der Waals surface area contributed by atoms with E-state index in [1.807, 2.05) is 18.2 Å². The zero-order chi connectivity index (χ0) is 13.0. The van der Waals surface area contributed by atoms with Crippen molar-refractivity contribution in [2.75, 3.05) is 0 Å². The summed E-state index contributed by atoms with van der Waals surface area (Å²) in [7, 11) is 0. The second-order valence-corrected chi connectivity index (χ2v) is 4.73. The fourth-order valence-electron chi connectivity index (χ4n) is 2.29. The smallest absolute Gasteiger partial charge is 0.123 e. The first-order valence-corrected chi connectivity index (χ1v) is 6.59. The second-order valence-electron chi connectivity index (χ2n) is 4.73. The first-order valence-electron chi connectivity index (χ1n) is 6.59. The summed E-state index contributed by atoms with van der Waals surface area (Å²) in [5, 5.41) is 2.05. The lowest BCUT2D eigenvalue weighted by atomic mass is 9.96. The van der Waals surface area contributed by atoms with Gasteiger partial charge in [-0.15, -0.1) is 0 Å². The number of halogens is 1. The van der Waals surface area contributed by atoms with Gasteiger partial charge in [0.25, 0.3) is 0 Å². The molecule has 0 aliphatic heterocycles. The molecule has 0 N–H and O–H groups in total. The van der Waals surface area contributed by atoms with Crippen LogP contribution >= 0.6 is 0 Å². The number of unbranched alkanes of at least 4 members (excludes halogenated alkanes) is 2. The lowest BCUT2D eigenvalue weighted by Crippen LogP contribution is -1.87. The van der Waals surface area contributed by atoms with Gasteiger partial charge in [-0.05, 0) is 46.9 Å². The summed E-state index contributed by atoms with van der Waals surface area (Å²) in [5.74, 6) is -0.184. The van der Waals surface area contributed by atoms with Crippen LogP contribution in [0.3, 0.4) is 0 Å². The van der Waals surface area contributed by atoms with E-state index >= 15 is 0 Å². The van der Waals surface area contributed by atoms with Gasteiger partial charge in [-0.3, -0.25) is 0 Å². The van der Waals surface area contributed by atoms with E-state index in [0.29, 0.717) is 0 Å². The van der Waals surface area contributed by atoms with Crippen LogP contribution in [-0.2, 0) is 0 Å². The third-order valence-electron chi connectivity index (χ3n) is 3.31. The molecule has 2 aromatic carbocycles. The van der Waals surface area contributed by atoms with Gasteiger partial charge in [0.05, 0.1) is 0 Å². The standard InChI is InChI=1S/C17H19F/c1-3-4-5-7-13(2)16-9-6-8-14-12-15(18)10-11-17(14)16/h6,8-12H,2-5,7H2,1H3. The van der Waals surface area contributed by atoms with Crippen LogP contribution < -0.4 is 0 Å². The van der Waals surface area contributed by atoms with E-state index in [1.54, 1.807) is 6.07 Å². The van der Waals surface area contributed by atoms with Crippen molar-refractivity contribution in [3.8, 4) is 0 Å². The summed E-state index contributed by atoms with van der Waals surface area (Å²) in [6.45, 7) is 6.37. The molecule has 0 fully saturated rings. The second kappa shape index (κ2) is 5.81. The first kappa shape index (κ1) is 12.8. The fraction of sp³-hybridized carbons (Fsp3) is 0.294. The Labute approximate surface area is 108 Å². The Balaban J connectivity index is 2.30. The zero-order valence-corrected chi connectivity index (χ0v) is 10.9. The van der Waals surface area contributed by atoms with E-state index in [4.69, 9.17) is 0 Å². The normalized spacial score (nSPS) is 10.8. The molecule has 0 spiro atoms. The maximum Gasteiger partial charge on any atom is 0.123 e. The Bertz CT molecular complexity index is 555. The minimum absolute atomic E-state index is 0.184. The van der Waals surface area contributed by atoms with Crippen LogP contribution in [0.25, 0.3) is 16.3 Å². The molecule has 1 heteroatoms. The van der Waals surface area contributed by atoms with Crippen molar-refractivity contribution >= 4 is 16.3 Å². The third-order valence-corrected chi connectivity index (χ3v) is 3.31. The van der Waals surface area contributed by atoms with E-state index in [9.17, 15) is 4.39 Å². The average Bonchev–Trinajstić information content (AvgIpc) is 2.37. The van der Waals surface area contributed by atoms with E-state index in [-0.39, 0.29) is 5.82 Å². The highest BCUT2D eigenvalue weighted by atomic mass is 19.1. The molecule has 2 aromatic rings. The minimum atomic E-state index is -0.184. The predicted octanol–water partition coefficient (Wildman–Crippen LogP) is 5.57. The fourth-order valence-corrected chi connectivity index (χ4v) is 2.29. The summed E-state index contributed by atoms with van der Waals surface area (Å²) in [6.07, 6.45) is 4.64. The molecule has 0 unspecified atom stereocenters. The predicted molar refractivity (Wildman–Crippen MR) is 77.1 cm³/mol. The molecule has 0 aromatic heterocycles. The quantitative estimate of drug-likeness (QED) is 0.601. The highest BCUT2D eigenvalue weighted by molar-refractivity contribution is 5.93. The number of allylic oxidation sites excluding steroid dienone is 1. The van der Waals surface area contributed by atoms with Crippen LogP contribution in [0.15, 0.2) is 43.0 Å². The Hall–Kier alpha value is -1.63. The number of rotatable bonds is 5.